The van der Waals surface area contributed by atoms with E-state index in [0.29, 0.717) is 4.47 Å². The summed E-state index contributed by atoms with van der Waals surface area (Å²) in [5.41, 5.74) is 2.02. The molecule has 104 valence electrons. The number of halogens is 2. The Bertz CT molecular complexity index is 632. The number of benzene rings is 2. The van der Waals surface area contributed by atoms with Gasteiger partial charge in [0.15, 0.2) is 0 Å². The molecule has 0 amide bonds. The first-order valence-corrected chi connectivity index (χ1v) is 7.36. The molecule has 1 N–H and O–H groups in total. The molecular weight excluding hydrogens is 321 g/mol. The molecule has 4 heteroatoms. The van der Waals surface area contributed by atoms with Crippen LogP contribution in [0.3, 0.4) is 0 Å². The second-order valence-corrected chi connectivity index (χ2v) is 5.75. The van der Waals surface area contributed by atoms with Crippen molar-refractivity contribution in [2.45, 2.75) is 18.6 Å². The van der Waals surface area contributed by atoms with E-state index in [1.54, 1.807) is 6.07 Å². The van der Waals surface area contributed by atoms with Gasteiger partial charge in [-0.05, 0) is 46.7 Å². The first-order chi connectivity index (χ1) is 9.69. The monoisotopic (exact) mass is 335 g/mol. The van der Waals surface area contributed by atoms with Gasteiger partial charge >= 0.3 is 0 Å². The van der Waals surface area contributed by atoms with Crippen LogP contribution >= 0.6 is 15.9 Å². The molecule has 2 atom stereocenters. The molecule has 1 heterocycles. The summed E-state index contributed by atoms with van der Waals surface area (Å²) in [6.07, 6.45) is 0.652. The number of para-hydroxylation sites is 1. The van der Waals surface area contributed by atoms with Crippen LogP contribution in [0.5, 0.6) is 5.75 Å². The summed E-state index contributed by atoms with van der Waals surface area (Å²) in [7, 11) is 1.94. The summed E-state index contributed by atoms with van der Waals surface area (Å²) in [5, 5.41) is 3.30. The molecule has 2 nitrogen and oxygen atoms in total. The lowest BCUT2D eigenvalue weighted by Gasteiger charge is -2.32. The van der Waals surface area contributed by atoms with E-state index in [1.165, 1.54) is 6.07 Å². The maximum atomic E-state index is 13.7. The molecule has 2 unspecified atom stereocenters. The lowest BCUT2D eigenvalue weighted by molar-refractivity contribution is 0.153. The summed E-state index contributed by atoms with van der Waals surface area (Å²) in [6, 6.07) is 13.4. The number of hydrogen-bond donors (Lipinski definition) is 1. The number of nitrogens with one attached hydrogen (secondary N) is 1. The van der Waals surface area contributed by atoms with Gasteiger partial charge in [-0.3, -0.25) is 0 Å². The van der Waals surface area contributed by atoms with Gasteiger partial charge < -0.3 is 10.1 Å². The van der Waals surface area contributed by atoms with Crippen molar-refractivity contribution in [2.75, 3.05) is 7.05 Å². The molecule has 0 aliphatic carbocycles. The fraction of sp³-hybridized carbons (Fsp3) is 0.250. The Morgan fingerprint density at radius 1 is 1.25 bits per heavy atom. The Hall–Kier alpha value is -1.39. The SMILES string of the molecule is CNC1CC(c2ccc(Br)c(F)c2)Oc2ccccc21. The highest BCUT2D eigenvalue weighted by Crippen LogP contribution is 2.40. The van der Waals surface area contributed by atoms with Crippen molar-refractivity contribution in [1.29, 1.82) is 0 Å². The van der Waals surface area contributed by atoms with Gasteiger partial charge in [-0.25, -0.2) is 4.39 Å². The fourth-order valence-electron chi connectivity index (χ4n) is 2.61. The molecule has 0 radical (unpaired) electrons. The number of ether oxygens (including phenoxy) is 1. The number of rotatable bonds is 2. The first-order valence-electron chi connectivity index (χ1n) is 6.57. The van der Waals surface area contributed by atoms with Gasteiger partial charge in [0.25, 0.3) is 0 Å². The molecule has 0 aromatic heterocycles. The second-order valence-electron chi connectivity index (χ2n) is 4.89. The van der Waals surface area contributed by atoms with Crippen LogP contribution in [0.1, 0.15) is 29.7 Å². The molecule has 20 heavy (non-hydrogen) atoms. The zero-order valence-electron chi connectivity index (χ0n) is 11.1. The summed E-state index contributed by atoms with van der Waals surface area (Å²) in [4.78, 5) is 0. The van der Waals surface area contributed by atoms with Gasteiger partial charge in [0.2, 0.25) is 0 Å². The molecule has 0 saturated carbocycles. The molecule has 0 bridgehead atoms. The van der Waals surface area contributed by atoms with Crippen molar-refractivity contribution in [3.8, 4) is 5.75 Å². The van der Waals surface area contributed by atoms with Gasteiger partial charge in [0.05, 0.1) is 4.47 Å². The van der Waals surface area contributed by atoms with E-state index in [9.17, 15) is 4.39 Å². The zero-order chi connectivity index (χ0) is 14.1. The smallest absolute Gasteiger partial charge is 0.137 e. The van der Waals surface area contributed by atoms with E-state index in [2.05, 4.69) is 27.3 Å². The van der Waals surface area contributed by atoms with E-state index >= 15 is 0 Å². The van der Waals surface area contributed by atoms with Gasteiger partial charge in [-0.15, -0.1) is 0 Å². The standard InChI is InChI=1S/C16H15BrFNO/c1-19-14-9-16(10-6-7-12(17)13(18)8-10)20-15-5-3-2-4-11(14)15/h2-8,14,16,19H,9H2,1H3. The quantitative estimate of drug-likeness (QED) is 0.879. The highest BCUT2D eigenvalue weighted by molar-refractivity contribution is 9.10. The maximum Gasteiger partial charge on any atom is 0.137 e. The van der Waals surface area contributed by atoms with Gasteiger partial charge in [0, 0.05) is 18.0 Å². The minimum absolute atomic E-state index is 0.134. The first kappa shape index (κ1) is 13.6. The van der Waals surface area contributed by atoms with Crippen LogP contribution in [0.4, 0.5) is 4.39 Å². The summed E-state index contributed by atoms with van der Waals surface area (Å²) >= 11 is 3.18. The molecule has 0 saturated heterocycles. The Balaban J connectivity index is 1.95. The van der Waals surface area contributed by atoms with Crippen LogP contribution in [0.2, 0.25) is 0 Å². The van der Waals surface area contributed by atoms with Crippen molar-refractivity contribution in [3.05, 3.63) is 63.9 Å². The van der Waals surface area contributed by atoms with Gasteiger partial charge in [-0.2, -0.15) is 0 Å². The lowest BCUT2D eigenvalue weighted by Crippen LogP contribution is -2.26. The predicted molar refractivity (Wildman–Crippen MR) is 80.3 cm³/mol. The topological polar surface area (TPSA) is 21.3 Å². The van der Waals surface area contributed by atoms with Crippen molar-refractivity contribution in [3.63, 3.8) is 0 Å². The van der Waals surface area contributed by atoms with E-state index in [1.807, 2.05) is 31.3 Å². The third kappa shape index (κ3) is 2.45. The molecule has 0 spiro atoms. The van der Waals surface area contributed by atoms with Crippen LogP contribution < -0.4 is 10.1 Å². The summed E-state index contributed by atoms with van der Waals surface area (Å²) in [6.45, 7) is 0. The number of fused-ring (bicyclic) bond motifs is 1. The van der Waals surface area contributed by atoms with Crippen molar-refractivity contribution in [2.24, 2.45) is 0 Å². The Kier molecular flexibility index (Phi) is 3.76. The summed E-state index contributed by atoms with van der Waals surface area (Å²) < 4.78 is 20.2. The lowest BCUT2D eigenvalue weighted by atomic mass is 9.93. The third-order valence-electron chi connectivity index (χ3n) is 3.68. The zero-order valence-corrected chi connectivity index (χ0v) is 12.7. The van der Waals surface area contributed by atoms with Gasteiger partial charge in [-0.1, -0.05) is 24.3 Å². The van der Waals surface area contributed by atoms with Crippen LogP contribution in [-0.4, -0.2) is 7.05 Å². The van der Waals surface area contributed by atoms with E-state index in [4.69, 9.17) is 4.74 Å². The molecule has 3 rings (SSSR count). The van der Waals surface area contributed by atoms with Crippen LogP contribution in [0.25, 0.3) is 0 Å². The Morgan fingerprint density at radius 3 is 2.80 bits per heavy atom. The van der Waals surface area contributed by atoms with Crippen molar-refractivity contribution < 1.29 is 9.13 Å². The van der Waals surface area contributed by atoms with E-state index in [-0.39, 0.29) is 18.0 Å². The number of hydrogen-bond acceptors (Lipinski definition) is 2. The molecular formula is C16H15BrFNO. The second kappa shape index (κ2) is 5.54. The van der Waals surface area contributed by atoms with Crippen LogP contribution in [0, 0.1) is 5.82 Å². The molecule has 2 aromatic rings. The molecule has 1 aliphatic heterocycles. The minimum atomic E-state index is -0.258. The largest absolute Gasteiger partial charge is 0.485 e. The molecule has 1 aliphatic rings. The predicted octanol–water partition coefficient (Wildman–Crippen LogP) is 4.37. The van der Waals surface area contributed by atoms with Crippen molar-refractivity contribution in [1.82, 2.24) is 5.32 Å². The fourth-order valence-corrected chi connectivity index (χ4v) is 2.85. The Morgan fingerprint density at radius 2 is 2.05 bits per heavy atom. The van der Waals surface area contributed by atoms with Crippen LogP contribution in [0.15, 0.2) is 46.9 Å². The van der Waals surface area contributed by atoms with Gasteiger partial charge in [0.1, 0.15) is 17.7 Å². The van der Waals surface area contributed by atoms with E-state index in [0.717, 1.165) is 23.3 Å². The van der Waals surface area contributed by atoms with Crippen LogP contribution in [-0.2, 0) is 0 Å². The minimum Gasteiger partial charge on any atom is -0.485 e. The molecule has 0 fully saturated rings. The average Bonchev–Trinajstić information content (AvgIpc) is 2.49. The van der Waals surface area contributed by atoms with Crippen molar-refractivity contribution >= 4 is 15.9 Å². The maximum absolute atomic E-state index is 13.7. The highest BCUT2D eigenvalue weighted by Gasteiger charge is 2.28. The highest BCUT2D eigenvalue weighted by atomic mass is 79.9. The average molecular weight is 336 g/mol. The normalized spacial score (nSPS) is 21.1. The molecule has 2 aromatic carbocycles. The summed E-state index contributed by atoms with van der Waals surface area (Å²) in [5.74, 6) is 0.609. The third-order valence-corrected chi connectivity index (χ3v) is 4.32. The van der Waals surface area contributed by atoms with E-state index < -0.39 is 0 Å². The Labute approximate surface area is 126 Å².